The maximum absolute atomic E-state index is 8.59. The Bertz CT molecular complexity index is 337. The maximum atomic E-state index is 8.59. The first-order valence-electron chi connectivity index (χ1n) is 2.00. The first kappa shape index (κ1) is 25.9. The van der Waals surface area contributed by atoms with Crippen LogP contribution in [0.1, 0.15) is 0 Å². The third-order valence-corrected chi connectivity index (χ3v) is 0. The van der Waals surface area contributed by atoms with Gasteiger partial charge in [-0.2, -0.15) is 0 Å². The number of hydrogen-bond donors (Lipinski definition) is 0. The molecule has 12 nitrogen and oxygen atoms in total. The van der Waals surface area contributed by atoms with Gasteiger partial charge >= 0.3 is 120 Å². The van der Waals surface area contributed by atoms with Crippen LogP contribution in [-0.2, 0) is 63.7 Å². The van der Waals surface area contributed by atoms with Gasteiger partial charge in [0.25, 0.3) is 0 Å². The van der Waals surface area contributed by atoms with Crippen molar-refractivity contribution in [3.8, 4) is 0 Å². The van der Waals surface area contributed by atoms with Gasteiger partial charge in [0, 0.05) is 0 Å². The summed E-state index contributed by atoms with van der Waals surface area (Å²) < 4.78 is 103. The van der Waals surface area contributed by atoms with Gasteiger partial charge in [0.2, 0.25) is 0 Å². The van der Waals surface area contributed by atoms with Crippen LogP contribution in [0, 0.1) is 31.1 Å². The van der Waals surface area contributed by atoms with Crippen molar-refractivity contribution in [3.63, 3.8) is 0 Å². The standard InChI is InChI=1S/3Cr.12O.U/q;;;;;;;;;6*-1;+6. The Balaban J connectivity index is -0.0000000655. The second-order valence-corrected chi connectivity index (χ2v) is 5.05. The molecule has 0 aromatic heterocycles. The number of rotatable bonds is 0. The molecule has 0 atom stereocenters. The fraction of sp³-hybridized carbons (Fsp3) is 0. The molecule has 0 saturated heterocycles. The summed E-state index contributed by atoms with van der Waals surface area (Å²) in [4.78, 5) is 0. The second-order valence-electron chi connectivity index (χ2n) is 1.22. The van der Waals surface area contributed by atoms with Crippen molar-refractivity contribution in [1.82, 2.24) is 0 Å². The Morgan fingerprint density at radius 3 is 0.438 bits per heavy atom. The minimum Gasteiger partial charge on any atom is 6.00 e. The molecule has 0 bridgehead atoms. The van der Waals surface area contributed by atoms with Gasteiger partial charge in [-0.1, -0.05) is 0 Å². The average Bonchev–Trinajstić information content (AvgIpc) is 1.41. The van der Waals surface area contributed by atoms with Crippen LogP contribution < -0.4 is 24.9 Å². The monoisotopic (exact) mass is 586 g/mol. The summed E-state index contributed by atoms with van der Waals surface area (Å²) in [5.41, 5.74) is 0. The Labute approximate surface area is 118 Å². The minimum atomic E-state index is -5.75. The van der Waals surface area contributed by atoms with Crippen molar-refractivity contribution >= 4 is 0 Å². The van der Waals surface area contributed by atoms with Crippen LogP contribution in [0.25, 0.3) is 0 Å². The number of hydrogen-bond acceptors (Lipinski definition) is 12. The van der Waals surface area contributed by atoms with E-state index in [0.29, 0.717) is 0 Å². The second kappa shape index (κ2) is 10.2. The van der Waals surface area contributed by atoms with Gasteiger partial charge in [0.15, 0.2) is 0 Å². The van der Waals surface area contributed by atoms with E-state index in [0.717, 1.165) is 0 Å². The molecule has 94 valence electrons. The Kier molecular flexibility index (Phi) is 16.5. The van der Waals surface area contributed by atoms with Gasteiger partial charge in [0.1, 0.15) is 0 Å². The van der Waals surface area contributed by atoms with Gasteiger partial charge < -0.3 is 0 Å². The molecule has 0 aliphatic heterocycles. The van der Waals surface area contributed by atoms with E-state index in [2.05, 4.69) is 0 Å². The van der Waals surface area contributed by atoms with E-state index in [1.165, 1.54) is 0 Å². The molecule has 0 fully saturated rings. The summed E-state index contributed by atoms with van der Waals surface area (Å²) in [6, 6.07) is 0. The quantitative estimate of drug-likeness (QED) is 0.257. The smallest absolute Gasteiger partial charge is 6.00 e. The molecule has 16 heavy (non-hydrogen) atoms. The SMILES string of the molecule is [O]=[Cr](=[O])([O-])[O-].[O]=[Cr](=[O])([O-])[O-].[O]=[Cr](=[O])([O-])[O-].[U+6]. The van der Waals surface area contributed by atoms with Gasteiger partial charge in [-0.25, -0.2) is 0 Å². The van der Waals surface area contributed by atoms with Crippen molar-refractivity contribution in [3.05, 3.63) is 0 Å². The van der Waals surface area contributed by atoms with Crippen molar-refractivity contribution in [2.75, 3.05) is 0 Å². The van der Waals surface area contributed by atoms with E-state index in [1.807, 2.05) is 0 Å². The summed E-state index contributed by atoms with van der Waals surface area (Å²) in [5.74, 6) is 0. The van der Waals surface area contributed by atoms with Crippen molar-refractivity contribution in [1.29, 1.82) is 0 Å². The minimum absolute atomic E-state index is 0. The molecule has 0 aliphatic rings. The summed E-state index contributed by atoms with van der Waals surface area (Å²) in [6.07, 6.45) is 0. The zero-order valence-corrected chi connectivity index (χ0v) is 14.6. The zero-order chi connectivity index (χ0) is 13.5. The molecule has 0 radical (unpaired) electrons. The van der Waals surface area contributed by atoms with Crippen LogP contribution in [-0.4, -0.2) is 0 Å². The van der Waals surface area contributed by atoms with E-state index in [9.17, 15) is 0 Å². The summed E-state index contributed by atoms with van der Waals surface area (Å²) in [5, 5.41) is 0. The van der Waals surface area contributed by atoms with Crippen LogP contribution in [0.2, 0.25) is 0 Å². The summed E-state index contributed by atoms with van der Waals surface area (Å²) in [6.45, 7) is 0. The summed E-state index contributed by atoms with van der Waals surface area (Å²) in [7, 11) is 0. The van der Waals surface area contributed by atoms with E-state index >= 15 is 0 Å². The Hall–Kier alpha value is 1.21. The molecule has 16 heteroatoms. The zero-order valence-electron chi connectivity index (χ0n) is 6.62. The van der Waals surface area contributed by atoms with E-state index < -0.39 is 40.8 Å². The molecular formula is Cr3O12U. The molecule has 0 saturated carbocycles. The maximum Gasteiger partial charge on any atom is 6.00 e. The molecule has 0 rings (SSSR count). The molecule has 0 unspecified atom stereocenters. The molecule has 0 aliphatic carbocycles. The van der Waals surface area contributed by atoms with E-state index in [1.54, 1.807) is 0 Å². The topological polar surface area (TPSA) is 241 Å². The van der Waals surface area contributed by atoms with Crippen LogP contribution in [0.3, 0.4) is 0 Å². The van der Waals surface area contributed by atoms with Crippen molar-refractivity contribution < 1.29 is 120 Å². The first-order valence-corrected chi connectivity index (χ1v) is 8.25. The third kappa shape index (κ3) is 2100. The van der Waals surface area contributed by atoms with Crippen LogP contribution in [0.4, 0.5) is 0 Å². The van der Waals surface area contributed by atoms with Gasteiger partial charge in [0.05, 0.1) is 0 Å². The Morgan fingerprint density at radius 1 is 0.438 bits per heavy atom. The normalized spacial score (nSPS) is 10.9. The van der Waals surface area contributed by atoms with E-state index in [-0.39, 0.29) is 31.1 Å². The van der Waals surface area contributed by atoms with Crippen molar-refractivity contribution in [2.24, 2.45) is 0 Å². The average molecular weight is 586 g/mol. The van der Waals surface area contributed by atoms with Gasteiger partial charge in [-0.05, 0) is 0 Å². The Morgan fingerprint density at radius 2 is 0.438 bits per heavy atom. The molecule has 0 aromatic carbocycles. The molecule has 0 N–H and O–H groups in total. The van der Waals surface area contributed by atoms with Crippen LogP contribution in [0.15, 0.2) is 0 Å². The molecular weight excluding hydrogens is 586 g/mol. The fourth-order valence-corrected chi connectivity index (χ4v) is 0. The third-order valence-electron chi connectivity index (χ3n) is 0. The molecule has 0 amide bonds. The first-order chi connectivity index (χ1) is 6.00. The van der Waals surface area contributed by atoms with Crippen LogP contribution in [0.5, 0.6) is 0 Å². The molecule has 0 aromatic rings. The van der Waals surface area contributed by atoms with Crippen LogP contribution >= 0.6 is 0 Å². The summed E-state index contributed by atoms with van der Waals surface area (Å²) >= 11 is -17.2. The van der Waals surface area contributed by atoms with Gasteiger partial charge in [-0.3, -0.25) is 0 Å². The van der Waals surface area contributed by atoms with Gasteiger partial charge in [-0.15, -0.1) is 0 Å². The van der Waals surface area contributed by atoms with Crippen molar-refractivity contribution in [2.45, 2.75) is 0 Å². The predicted molar refractivity (Wildman–Crippen MR) is 4.12 cm³/mol. The fourth-order valence-electron chi connectivity index (χ4n) is 0. The largest absolute Gasteiger partial charge is 6.00 e. The van der Waals surface area contributed by atoms with E-state index in [4.69, 9.17) is 47.8 Å². The molecule has 0 spiro atoms. The molecule has 0 heterocycles. The predicted octanol–water partition coefficient (Wildman–Crippen LogP) is -7.85.